The highest BCUT2D eigenvalue weighted by atomic mass is 79.9. The highest BCUT2D eigenvalue weighted by Gasteiger charge is 2.15. The van der Waals surface area contributed by atoms with Gasteiger partial charge in [0.25, 0.3) is 0 Å². The van der Waals surface area contributed by atoms with E-state index in [1.165, 1.54) is 13.2 Å². The molecule has 0 aromatic heterocycles. The predicted octanol–water partition coefficient (Wildman–Crippen LogP) is 3.85. The lowest BCUT2D eigenvalue weighted by molar-refractivity contribution is -0.400. The molecule has 0 saturated carbocycles. The van der Waals surface area contributed by atoms with Gasteiger partial charge < -0.3 is 9.47 Å². The summed E-state index contributed by atoms with van der Waals surface area (Å²) in [7, 11) is 1.43. The summed E-state index contributed by atoms with van der Waals surface area (Å²) in [4.78, 5) is 21.9. The lowest BCUT2D eigenvalue weighted by Gasteiger charge is -2.12. The maximum absolute atomic E-state index is 12.1. The Balaban J connectivity index is 2.20. The first-order valence-electron chi connectivity index (χ1n) is 6.93. The molecule has 124 valence electrons. The minimum Gasteiger partial charge on any atom is -0.493 e. The van der Waals surface area contributed by atoms with Crippen molar-refractivity contribution in [3.63, 3.8) is 0 Å². The second-order valence-corrected chi connectivity index (χ2v) is 5.63. The fourth-order valence-electron chi connectivity index (χ4n) is 1.99. The van der Waals surface area contributed by atoms with Crippen LogP contribution >= 0.6 is 15.9 Å². The van der Waals surface area contributed by atoms with Gasteiger partial charge in [-0.25, -0.2) is 0 Å². The predicted molar refractivity (Wildman–Crippen MR) is 92.5 cm³/mol. The zero-order chi connectivity index (χ0) is 17.5. The molecule has 0 unspecified atom stereocenters. The average Bonchev–Trinajstić information content (AvgIpc) is 2.55. The molecule has 0 saturated heterocycles. The second kappa shape index (κ2) is 8.26. The maximum Gasteiger partial charge on any atom is 0.315 e. The van der Waals surface area contributed by atoms with Gasteiger partial charge in [-0.1, -0.05) is 30.3 Å². The number of ether oxygens (including phenoxy) is 2. The van der Waals surface area contributed by atoms with Crippen LogP contribution in [0.5, 0.6) is 11.5 Å². The fourth-order valence-corrected chi connectivity index (χ4v) is 2.54. The van der Waals surface area contributed by atoms with Crippen molar-refractivity contribution in [2.45, 2.75) is 6.42 Å². The largest absolute Gasteiger partial charge is 0.493 e. The summed E-state index contributed by atoms with van der Waals surface area (Å²) in [5, 5.41) is 10.4. The van der Waals surface area contributed by atoms with Crippen LogP contribution in [0.3, 0.4) is 0 Å². The third-order valence-electron chi connectivity index (χ3n) is 3.05. The minimum atomic E-state index is -0.561. The van der Waals surface area contributed by atoms with Crippen LogP contribution < -0.4 is 9.47 Å². The molecule has 24 heavy (non-hydrogen) atoms. The van der Waals surface area contributed by atoms with Gasteiger partial charge in [0.15, 0.2) is 11.5 Å². The highest BCUT2D eigenvalue weighted by Crippen LogP contribution is 2.37. The van der Waals surface area contributed by atoms with Crippen molar-refractivity contribution in [2.24, 2.45) is 0 Å². The molecule has 0 amide bonds. The first-order chi connectivity index (χ1) is 11.5. The van der Waals surface area contributed by atoms with E-state index in [0.29, 0.717) is 15.8 Å². The number of halogens is 1. The number of nitro groups is 1. The molecule has 0 spiro atoms. The topological polar surface area (TPSA) is 78.7 Å². The van der Waals surface area contributed by atoms with E-state index in [9.17, 15) is 14.9 Å². The van der Waals surface area contributed by atoms with Crippen LogP contribution in [0.25, 0.3) is 6.08 Å². The molecule has 0 N–H and O–H groups in total. The number of esters is 1. The Morgan fingerprint density at radius 3 is 2.62 bits per heavy atom. The van der Waals surface area contributed by atoms with Crippen LogP contribution in [-0.2, 0) is 11.2 Å². The van der Waals surface area contributed by atoms with Crippen molar-refractivity contribution >= 4 is 28.0 Å². The summed E-state index contributed by atoms with van der Waals surface area (Å²) < 4.78 is 11.1. The number of methoxy groups -OCH3 is 1. The SMILES string of the molecule is COc1cc(/C=C/[N+](=O)[O-])cc(Br)c1OC(=O)Cc1ccccc1. The third-order valence-corrected chi connectivity index (χ3v) is 3.64. The normalized spacial score (nSPS) is 10.6. The van der Waals surface area contributed by atoms with E-state index >= 15 is 0 Å². The van der Waals surface area contributed by atoms with Gasteiger partial charge in [0.2, 0.25) is 6.20 Å². The zero-order valence-electron chi connectivity index (χ0n) is 12.8. The van der Waals surface area contributed by atoms with E-state index in [0.717, 1.165) is 11.8 Å². The van der Waals surface area contributed by atoms with Gasteiger partial charge in [0, 0.05) is 6.08 Å². The molecule has 2 rings (SSSR count). The van der Waals surface area contributed by atoms with Crippen LogP contribution in [0.15, 0.2) is 53.1 Å². The van der Waals surface area contributed by atoms with Gasteiger partial charge >= 0.3 is 5.97 Å². The average molecular weight is 392 g/mol. The lowest BCUT2D eigenvalue weighted by atomic mass is 10.1. The van der Waals surface area contributed by atoms with Crippen LogP contribution in [0.1, 0.15) is 11.1 Å². The molecule has 0 bridgehead atoms. The standard InChI is InChI=1S/C17H14BrNO5/c1-23-15-10-13(7-8-19(21)22)9-14(18)17(15)24-16(20)11-12-5-3-2-4-6-12/h2-10H,11H2,1H3/b8-7+. The van der Waals surface area contributed by atoms with Gasteiger partial charge in [-0.3, -0.25) is 14.9 Å². The Morgan fingerprint density at radius 2 is 2.00 bits per heavy atom. The highest BCUT2D eigenvalue weighted by molar-refractivity contribution is 9.10. The van der Waals surface area contributed by atoms with Crippen LogP contribution in [0.4, 0.5) is 0 Å². The van der Waals surface area contributed by atoms with Crippen molar-refractivity contribution < 1.29 is 19.2 Å². The minimum absolute atomic E-state index is 0.124. The van der Waals surface area contributed by atoms with E-state index in [2.05, 4.69) is 15.9 Å². The summed E-state index contributed by atoms with van der Waals surface area (Å²) >= 11 is 3.30. The molecule has 7 heteroatoms. The number of carbonyl (C=O) groups is 1. The van der Waals surface area contributed by atoms with Crippen LogP contribution in [-0.4, -0.2) is 18.0 Å². The number of rotatable bonds is 6. The molecule has 0 aliphatic rings. The molecule has 0 fully saturated rings. The van der Waals surface area contributed by atoms with Gasteiger partial charge in [-0.05, 0) is 39.2 Å². The smallest absolute Gasteiger partial charge is 0.315 e. The first kappa shape index (κ1) is 17.7. The number of carbonyl (C=O) groups excluding carboxylic acids is 1. The Labute approximate surface area is 147 Å². The molecule has 0 aliphatic heterocycles. The zero-order valence-corrected chi connectivity index (χ0v) is 14.4. The maximum atomic E-state index is 12.1. The van der Waals surface area contributed by atoms with E-state index < -0.39 is 10.9 Å². The van der Waals surface area contributed by atoms with Crippen molar-refractivity contribution in [2.75, 3.05) is 7.11 Å². The van der Waals surface area contributed by atoms with Crippen molar-refractivity contribution in [1.29, 1.82) is 0 Å². The molecule has 0 radical (unpaired) electrons. The van der Waals surface area contributed by atoms with E-state index in [4.69, 9.17) is 9.47 Å². The fraction of sp³-hybridized carbons (Fsp3) is 0.118. The molecule has 0 aliphatic carbocycles. The van der Waals surface area contributed by atoms with Crippen molar-refractivity contribution in [3.8, 4) is 11.5 Å². The Kier molecular flexibility index (Phi) is 6.08. The molecule has 6 nitrogen and oxygen atoms in total. The molecular weight excluding hydrogens is 378 g/mol. The summed E-state index contributed by atoms with van der Waals surface area (Å²) in [6, 6.07) is 12.4. The van der Waals surface area contributed by atoms with Crippen LogP contribution in [0.2, 0.25) is 0 Å². The van der Waals surface area contributed by atoms with Gasteiger partial charge in [-0.15, -0.1) is 0 Å². The summed E-state index contributed by atoms with van der Waals surface area (Å²) in [5.74, 6) is 0.0965. The monoisotopic (exact) mass is 391 g/mol. The Morgan fingerprint density at radius 1 is 1.29 bits per heavy atom. The Bertz CT molecular complexity index is 774. The molecule has 0 atom stereocenters. The van der Waals surface area contributed by atoms with E-state index in [1.807, 2.05) is 30.3 Å². The van der Waals surface area contributed by atoms with Crippen molar-refractivity contribution in [1.82, 2.24) is 0 Å². The van der Waals surface area contributed by atoms with Gasteiger partial charge in [-0.2, -0.15) is 0 Å². The number of benzene rings is 2. The van der Waals surface area contributed by atoms with E-state index in [-0.39, 0.29) is 12.2 Å². The second-order valence-electron chi connectivity index (χ2n) is 4.77. The van der Waals surface area contributed by atoms with E-state index in [1.54, 1.807) is 12.1 Å². The summed E-state index contributed by atoms with van der Waals surface area (Å²) in [5.41, 5.74) is 1.38. The molecule has 0 heterocycles. The number of hydrogen-bond donors (Lipinski definition) is 0. The molecular formula is C17H14BrNO5. The lowest BCUT2D eigenvalue weighted by Crippen LogP contribution is -2.12. The van der Waals surface area contributed by atoms with Crippen molar-refractivity contribution in [3.05, 3.63) is 74.4 Å². The summed E-state index contributed by atoms with van der Waals surface area (Å²) in [6.45, 7) is 0. The molecule has 2 aromatic rings. The first-order valence-corrected chi connectivity index (χ1v) is 7.72. The number of hydrogen-bond acceptors (Lipinski definition) is 5. The van der Waals surface area contributed by atoms with Gasteiger partial charge in [0.05, 0.1) is 22.9 Å². The summed E-state index contributed by atoms with van der Waals surface area (Å²) in [6.07, 6.45) is 2.27. The number of nitrogens with zero attached hydrogens (tertiary/aromatic N) is 1. The molecule has 2 aromatic carbocycles. The Hall–Kier alpha value is -2.67. The van der Waals surface area contributed by atoms with Gasteiger partial charge in [0.1, 0.15) is 0 Å². The quantitative estimate of drug-likeness (QED) is 0.323. The van der Waals surface area contributed by atoms with Crippen LogP contribution in [0, 0.1) is 10.1 Å². The third kappa shape index (κ3) is 4.92.